The lowest BCUT2D eigenvalue weighted by Gasteiger charge is -2.35. The molecule has 1 N–H and O–H groups in total. The molecular weight excluding hydrogens is 431 g/mol. The average molecular weight is 471 g/mol. The van der Waals surface area contributed by atoms with Crippen molar-refractivity contribution >= 4 is 5.91 Å². The predicted molar refractivity (Wildman–Crippen MR) is 132 cm³/mol. The topological polar surface area (TPSA) is 61.6 Å². The highest BCUT2D eigenvalue weighted by Gasteiger charge is 2.26. The van der Waals surface area contributed by atoms with E-state index in [1.165, 1.54) is 31.6 Å². The summed E-state index contributed by atoms with van der Waals surface area (Å²) in [6, 6.07) is 6.20. The van der Waals surface area contributed by atoms with Gasteiger partial charge in [-0.1, -0.05) is 13.8 Å². The molecule has 7 heteroatoms. The van der Waals surface area contributed by atoms with Crippen molar-refractivity contribution in [3.8, 4) is 11.5 Å². The summed E-state index contributed by atoms with van der Waals surface area (Å²) < 4.78 is 19.0. The van der Waals surface area contributed by atoms with Crippen LogP contribution < -0.4 is 5.32 Å². The third-order valence-corrected chi connectivity index (χ3v) is 7.21. The van der Waals surface area contributed by atoms with E-state index in [0.29, 0.717) is 12.4 Å². The number of halogens is 1. The van der Waals surface area contributed by atoms with E-state index < -0.39 is 0 Å². The Morgan fingerprint density at radius 3 is 2.47 bits per heavy atom. The lowest BCUT2D eigenvalue weighted by Crippen LogP contribution is -2.42. The van der Waals surface area contributed by atoms with E-state index in [1.54, 1.807) is 12.1 Å². The number of piperidine rings is 2. The fourth-order valence-electron chi connectivity index (χ4n) is 5.49. The fourth-order valence-corrected chi connectivity index (χ4v) is 5.49. The lowest BCUT2D eigenvalue weighted by molar-refractivity contribution is -0.126. The summed E-state index contributed by atoms with van der Waals surface area (Å²) in [5.74, 6) is 2.89. The maximum absolute atomic E-state index is 13.2. The molecule has 0 radical (unpaired) electrons. The standard InChI is InChI=1S/C27H39FN4O2/c1-19-15-20(2)17-32(16-19)12-4-11-29-26(33)22-9-13-31(14-10-22)18-25-21(3)34-27(30-25)23-5-7-24(28)8-6-23/h5-8,19-20,22H,4,9-18H2,1-3H3,(H,29,33)/t19-,20+. The van der Waals surface area contributed by atoms with Gasteiger partial charge in [0.25, 0.3) is 0 Å². The fraction of sp³-hybridized carbons (Fsp3) is 0.630. The quantitative estimate of drug-likeness (QED) is 0.576. The van der Waals surface area contributed by atoms with Crippen LogP contribution in [0.1, 0.15) is 51.0 Å². The minimum absolute atomic E-state index is 0.0967. The van der Waals surface area contributed by atoms with Crippen LogP contribution in [0.4, 0.5) is 4.39 Å². The largest absolute Gasteiger partial charge is 0.441 e. The summed E-state index contributed by atoms with van der Waals surface area (Å²) >= 11 is 0. The van der Waals surface area contributed by atoms with Gasteiger partial charge < -0.3 is 14.6 Å². The van der Waals surface area contributed by atoms with Crippen LogP contribution in [0.15, 0.2) is 28.7 Å². The Labute approximate surface area is 202 Å². The maximum atomic E-state index is 13.2. The van der Waals surface area contributed by atoms with Crippen LogP contribution in [0.2, 0.25) is 0 Å². The molecule has 2 aliphatic rings. The molecule has 0 saturated carbocycles. The van der Waals surface area contributed by atoms with Gasteiger partial charge in [-0.05, 0) is 88.3 Å². The number of nitrogens with one attached hydrogen (secondary N) is 1. The molecule has 34 heavy (non-hydrogen) atoms. The number of hydrogen-bond donors (Lipinski definition) is 1. The average Bonchev–Trinajstić information content (AvgIpc) is 3.17. The number of carbonyl (C=O) groups excluding carboxylic acids is 1. The van der Waals surface area contributed by atoms with Gasteiger partial charge in [0, 0.05) is 37.7 Å². The van der Waals surface area contributed by atoms with Gasteiger partial charge in [-0.2, -0.15) is 0 Å². The lowest BCUT2D eigenvalue weighted by atomic mass is 9.92. The second-order valence-corrected chi connectivity index (χ2v) is 10.4. The van der Waals surface area contributed by atoms with Gasteiger partial charge in [0.05, 0.1) is 5.69 Å². The number of benzene rings is 1. The summed E-state index contributed by atoms with van der Waals surface area (Å²) in [6.45, 7) is 13.3. The van der Waals surface area contributed by atoms with Crippen molar-refractivity contribution in [2.75, 3.05) is 39.3 Å². The molecule has 2 aliphatic heterocycles. The monoisotopic (exact) mass is 470 g/mol. The molecule has 2 atom stereocenters. The summed E-state index contributed by atoms with van der Waals surface area (Å²) in [5, 5.41) is 3.18. The molecule has 0 bridgehead atoms. The minimum atomic E-state index is -0.273. The highest BCUT2D eigenvalue weighted by molar-refractivity contribution is 5.78. The molecule has 186 valence electrons. The summed E-state index contributed by atoms with van der Waals surface area (Å²) in [6.07, 6.45) is 4.09. The number of amides is 1. The number of hydrogen-bond acceptors (Lipinski definition) is 5. The van der Waals surface area contributed by atoms with Crippen molar-refractivity contribution in [1.29, 1.82) is 0 Å². The van der Waals surface area contributed by atoms with Crippen molar-refractivity contribution in [2.45, 2.75) is 53.0 Å². The zero-order valence-corrected chi connectivity index (χ0v) is 20.9. The molecule has 1 amide bonds. The third-order valence-electron chi connectivity index (χ3n) is 7.21. The summed E-state index contributed by atoms with van der Waals surface area (Å²) in [5.41, 5.74) is 1.68. The number of rotatable bonds is 8. The Balaban J connectivity index is 1.17. The minimum Gasteiger partial charge on any atom is -0.441 e. The van der Waals surface area contributed by atoms with Gasteiger partial charge in [-0.25, -0.2) is 9.37 Å². The zero-order chi connectivity index (χ0) is 24.1. The van der Waals surface area contributed by atoms with Gasteiger partial charge in [0.15, 0.2) is 0 Å². The van der Waals surface area contributed by atoms with E-state index in [4.69, 9.17) is 4.42 Å². The van der Waals surface area contributed by atoms with Gasteiger partial charge in [-0.3, -0.25) is 9.69 Å². The Morgan fingerprint density at radius 1 is 1.12 bits per heavy atom. The van der Waals surface area contributed by atoms with Crippen LogP contribution in [-0.2, 0) is 11.3 Å². The van der Waals surface area contributed by atoms with Crippen molar-refractivity contribution in [2.24, 2.45) is 17.8 Å². The van der Waals surface area contributed by atoms with E-state index in [-0.39, 0.29) is 17.6 Å². The van der Waals surface area contributed by atoms with Crippen molar-refractivity contribution in [1.82, 2.24) is 20.1 Å². The predicted octanol–water partition coefficient (Wildman–Crippen LogP) is 4.49. The van der Waals surface area contributed by atoms with Crippen LogP contribution in [0.5, 0.6) is 0 Å². The van der Waals surface area contributed by atoms with Crippen LogP contribution in [-0.4, -0.2) is 60.0 Å². The van der Waals surface area contributed by atoms with Gasteiger partial charge >= 0.3 is 0 Å². The Hall–Kier alpha value is -2.25. The molecule has 0 unspecified atom stereocenters. The van der Waals surface area contributed by atoms with E-state index in [9.17, 15) is 9.18 Å². The number of oxazole rings is 1. The van der Waals surface area contributed by atoms with Gasteiger partial charge in [0.1, 0.15) is 11.6 Å². The molecule has 2 fully saturated rings. The van der Waals surface area contributed by atoms with Crippen molar-refractivity contribution in [3.05, 3.63) is 41.5 Å². The summed E-state index contributed by atoms with van der Waals surface area (Å²) in [4.78, 5) is 22.2. The molecule has 0 aliphatic carbocycles. The van der Waals surface area contributed by atoms with E-state index >= 15 is 0 Å². The number of carbonyl (C=O) groups is 1. The SMILES string of the molecule is Cc1oc(-c2ccc(F)cc2)nc1CN1CCC(C(=O)NCCCN2C[C@H](C)C[C@H](C)C2)CC1. The first-order valence-corrected chi connectivity index (χ1v) is 12.8. The summed E-state index contributed by atoms with van der Waals surface area (Å²) in [7, 11) is 0. The molecule has 1 aromatic heterocycles. The van der Waals surface area contributed by atoms with E-state index in [0.717, 1.165) is 74.3 Å². The van der Waals surface area contributed by atoms with Crippen molar-refractivity contribution < 1.29 is 13.6 Å². The Kier molecular flexibility index (Phi) is 8.37. The first kappa shape index (κ1) is 24.9. The Bertz CT molecular complexity index is 927. The molecule has 2 saturated heterocycles. The normalized spacial score (nSPS) is 22.7. The molecule has 6 nitrogen and oxygen atoms in total. The molecule has 1 aromatic carbocycles. The highest BCUT2D eigenvalue weighted by Crippen LogP contribution is 2.25. The second kappa shape index (κ2) is 11.5. The van der Waals surface area contributed by atoms with Gasteiger partial charge in [-0.15, -0.1) is 0 Å². The maximum Gasteiger partial charge on any atom is 0.226 e. The Morgan fingerprint density at radius 2 is 1.79 bits per heavy atom. The second-order valence-electron chi connectivity index (χ2n) is 10.4. The van der Waals surface area contributed by atoms with E-state index in [1.807, 2.05) is 6.92 Å². The first-order chi connectivity index (χ1) is 16.4. The van der Waals surface area contributed by atoms with E-state index in [2.05, 4.69) is 33.9 Å². The van der Waals surface area contributed by atoms with Crippen LogP contribution >= 0.6 is 0 Å². The van der Waals surface area contributed by atoms with Crippen LogP contribution in [0, 0.1) is 30.5 Å². The number of nitrogens with zero attached hydrogens (tertiary/aromatic N) is 3. The number of aromatic nitrogens is 1. The molecular formula is C27H39FN4O2. The number of likely N-dealkylation sites (tertiary alicyclic amines) is 2. The molecule has 4 rings (SSSR count). The highest BCUT2D eigenvalue weighted by atomic mass is 19.1. The molecule has 3 heterocycles. The number of aryl methyl sites for hydroxylation is 1. The van der Waals surface area contributed by atoms with Crippen LogP contribution in [0.25, 0.3) is 11.5 Å². The van der Waals surface area contributed by atoms with Crippen molar-refractivity contribution in [3.63, 3.8) is 0 Å². The first-order valence-electron chi connectivity index (χ1n) is 12.8. The van der Waals surface area contributed by atoms with Gasteiger partial charge in [0.2, 0.25) is 11.8 Å². The molecule has 2 aromatic rings. The zero-order valence-electron chi connectivity index (χ0n) is 20.9. The smallest absolute Gasteiger partial charge is 0.226 e. The third kappa shape index (κ3) is 6.66. The van der Waals surface area contributed by atoms with Crippen LogP contribution in [0.3, 0.4) is 0 Å². The molecule has 0 spiro atoms.